The minimum absolute atomic E-state index is 0.361. The average Bonchev–Trinajstić information content (AvgIpc) is 2.37. The van der Waals surface area contributed by atoms with Crippen molar-refractivity contribution in [1.29, 1.82) is 0 Å². The number of halogens is 2. The molecule has 1 aliphatic heterocycles. The lowest BCUT2D eigenvalue weighted by molar-refractivity contribution is 0.380. The molecule has 8 heteroatoms. The second kappa shape index (κ2) is 3.14. The van der Waals surface area contributed by atoms with E-state index >= 15 is 0 Å². The molecule has 0 fully saturated rings. The van der Waals surface area contributed by atoms with Crippen molar-refractivity contribution in [3.63, 3.8) is 0 Å². The minimum Gasteiger partial charge on any atom is -0.493 e. The molecule has 0 amide bonds. The molecule has 0 unspecified atom stereocenters. The van der Waals surface area contributed by atoms with Gasteiger partial charge in [-0.25, -0.2) is 8.78 Å². The molecule has 1 heterocycles. The van der Waals surface area contributed by atoms with Crippen LogP contribution in [-0.2, 0) is 10.0 Å². The van der Waals surface area contributed by atoms with Crippen LogP contribution < -0.4 is 10.5 Å². The molecule has 1 aromatic carbocycles. The van der Waals surface area contributed by atoms with Gasteiger partial charge in [-0.3, -0.25) is 0 Å². The van der Waals surface area contributed by atoms with Gasteiger partial charge in [-0.05, 0) is 0 Å². The number of benzene rings is 1. The third-order valence-electron chi connectivity index (χ3n) is 2.08. The number of methoxy groups -OCH3 is 1. The number of hydrogen-bond donors (Lipinski definition) is 1. The molecular weight excluding hydrogens is 242 g/mol. The Labute approximate surface area is 89.6 Å². The Balaban J connectivity index is 2.95. The van der Waals surface area contributed by atoms with E-state index < -0.39 is 38.1 Å². The van der Waals surface area contributed by atoms with Crippen molar-refractivity contribution < 1.29 is 21.9 Å². The number of amidine groups is 1. The molecule has 16 heavy (non-hydrogen) atoms. The van der Waals surface area contributed by atoms with E-state index in [4.69, 9.17) is 5.73 Å². The molecule has 0 saturated heterocycles. The van der Waals surface area contributed by atoms with Gasteiger partial charge in [0.1, 0.15) is 16.5 Å². The number of rotatable bonds is 1. The maximum absolute atomic E-state index is 13.3. The number of nitrogens with zero attached hydrogens (tertiary/aromatic N) is 1. The van der Waals surface area contributed by atoms with E-state index in [1.54, 1.807) is 0 Å². The summed E-state index contributed by atoms with van der Waals surface area (Å²) in [7, 11) is -3.07. The van der Waals surface area contributed by atoms with Crippen molar-refractivity contribution in [3.05, 3.63) is 23.3 Å². The fraction of sp³-hybridized carbons (Fsp3) is 0.125. The third-order valence-corrected chi connectivity index (χ3v) is 3.43. The Morgan fingerprint density at radius 1 is 1.38 bits per heavy atom. The quantitative estimate of drug-likeness (QED) is 0.779. The van der Waals surface area contributed by atoms with Crippen LogP contribution in [0.2, 0.25) is 0 Å². The molecule has 0 atom stereocenters. The summed E-state index contributed by atoms with van der Waals surface area (Å²) in [6.45, 7) is 0. The van der Waals surface area contributed by atoms with Gasteiger partial charge in [0, 0.05) is 6.07 Å². The first-order chi connectivity index (χ1) is 7.38. The predicted octanol–water partition coefficient (Wildman–Crippen LogP) is 0.381. The molecule has 0 radical (unpaired) electrons. The van der Waals surface area contributed by atoms with Gasteiger partial charge in [0.2, 0.25) is 0 Å². The summed E-state index contributed by atoms with van der Waals surface area (Å²) in [5, 5.41) is 0. The smallest absolute Gasteiger partial charge is 0.288 e. The Morgan fingerprint density at radius 2 is 2.00 bits per heavy atom. The lowest BCUT2D eigenvalue weighted by Crippen LogP contribution is -2.13. The van der Waals surface area contributed by atoms with Crippen molar-refractivity contribution >= 4 is 15.9 Å². The standard InChI is InChI=1S/C8H6F2N2O3S/c1-15-6-3(9)2-4(10)7-5(6)8(11)12-16(7,13)14/h2H,1H3,(H2,11,12). The van der Waals surface area contributed by atoms with Crippen LogP contribution in [0.5, 0.6) is 5.75 Å². The molecular formula is C8H6F2N2O3S. The predicted molar refractivity (Wildman–Crippen MR) is 50.8 cm³/mol. The Hall–Kier alpha value is -1.70. The van der Waals surface area contributed by atoms with Gasteiger partial charge < -0.3 is 10.5 Å². The van der Waals surface area contributed by atoms with E-state index in [1.165, 1.54) is 0 Å². The molecule has 0 spiro atoms. The van der Waals surface area contributed by atoms with Gasteiger partial charge in [0.05, 0.1) is 12.7 Å². The van der Waals surface area contributed by atoms with E-state index in [0.717, 1.165) is 7.11 Å². The van der Waals surface area contributed by atoms with E-state index in [0.29, 0.717) is 6.07 Å². The lowest BCUT2D eigenvalue weighted by Gasteiger charge is -2.07. The summed E-state index contributed by atoms with van der Waals surface area (Å²) in [6, 6.07) is 0.420. The first-order valence-corrected chi connectivity index (χ1v) is 5.49. The maximum atomic E-state index is 13.3. The molecule has 0 saturated carbocycles. The first-order valence-electron chi connectivity index (χ1n) is 4.05. The molecule has 0 bridgehead atoms. The second-order valence-electron chi connectivity index (χ2n) is 3.03. The summed E-state index contributed by atoms with van der Waals surface area (Å²) >= 11 is 0. The van der Waals surface area contributed by atoms with Crippen LogP contribution in [0, 0.1) is 11.6 Å². The molecule has 86 valence electrons. The highest BCUT2D eigenvalue weighted by Crippen LogP contribution is 2.36. The summed E-state index contributed by atoms with van der Waals surface area (Å²) in [4.78, 5) is -0.747. The molecule has 0 aromatic heterocycles. The zero-order valence-electron chi connectivity index (χ0n) is 7.99. The average molecular weight is 248 g/mol. The van der Waals surface area contributed by atoms with Crippen LogP contribution in [-0.4, -0.2) is 21.4 Å². The fourth-order valence-electron chi connectivity index (χ4n) is 1.49. The maximum Gasteiger partial charge on any atom is 0.288 e. The van der Waals surface area contributed by atoms with Gasteiger partial charge in [0.25, 0.3) is 10.0 Å². The monoisotopic (exact) mass is 248 g/mol. The van der Waals surface area contributed by atoms with E-state index in [-0.39, 0.29) is 5.56 Å². The number of nitrogens with two attached hydrogens (primary N) is 1. The van der Waals surface area contributed by atoms with Gasteiger partial charge in [0.15, 0.2) is 11.6 Å². The van der Waals surface area contributed by atoms with Crippen molar-refractivity contribution in [2.75, 3.05) is 7.11 Å². The zero-order chi connectivity index (χ0) is 12.1. The van der Waals surface area contributed by atoms with Crippen LogP contribution in [0.3, 0.4) is 0 Å². The van der Waals surface area contributed by atoms with E-state index in [1.807, 2.05) is 0 Å². The number of ether oxygens (including phenoxy) is 1. The number of fused-ring (bicyclic) bond motifs is 1. The SMILES string of the molecule is COc1c(F)cc(F)c2c1C(N)=NS2(=O)=O. The van der Waals surface area contributed by atoms with Crippen LogP contribution in [0.15, 0.2) is 15.4 Å². The van der Waals surface area contributed by atoms with Crippen LogP contribution in [0.1, 0.15) is 5.56 Å². The highest BCUT2D eigenvalue weighted by atomic mass is 32.2. The van der Waals surface area contributed by atoms with Crippen molar-refractivity contribution in [2.45, 2.75) is 4.90 Å². The lowest BCUT2D eigenvalue weighted by atomic mass is 10.1. The number of sulfonamides is 1. The molecule has 0 aliphatic carbocycles. The van der Waals surface area contributed by atoms with Crippen LogP contribution in [0.25, 0.3) is 0 Å². The van der Waals surface area contributed by atoms with Crippen molar-refractivity contribution in [2.24, 2.45) is 10.1 Å². The summed E-state index contributed by atoms with van der Waals surface area (Å²) in [5.74, 6) is -3.18. The van der Waals surface area contributed by atoms with Gasteiger partial charge in [-0.2, -0.15) is 8.42 Å². The van der Waals surface area contributed by atoms with Crippen molar-refractivity contribution in [3.8, 4) is 5.75 Å². The summed E-state index contributed by atoms with van der Waals surface area (Å²) in [5.41, 5.74) is 4.93. The molecule has 2 N–H and O–H groups in total. The van der Waals surface area contributed by atoms with Gasteiger partial charge in [-0.15, -0.1) is 4.40 Å². The molecule has 1 aromatic rings. The fourth-order valence-corrected chi connectivity index (χ4v) is 2.69. The number of hydrogen-bond acceptors (Lipinski definition) is 4. The Kier molecular flexibility index (Phi) is 2.12. The normalized spacial score (nSPS) is 16.8. The third kappa shape index (κ3) is 1.26. The van der Waals surface area contributed by atoms with Gasteiger partial charge in [-0.1, -0.05) is 0 Å². The second-order valence-corrected chi connectivity index (χ2v) is 4.57. The molecule has 1 aliphatic rings. The summed E-state index contributed by atoms with van der Waals surface area (Å²) < 4.78 is 57.1. The van der Waals surface area contributed by atoms with Crippen molar-refractivity contribution in [1.82, 2.24) is 0 Å². The topological polar surface area (TPSA) is 81.8 Å². The molecule has 2 rings (SSSR count). The van der Waals surface area contributed by atoms with E-state index in [2.05, 4.69) is 9.13 Å². The zero-order valence-corrected chi connectivity index (χ0v) is 8.81. The highest BCUT2D eigenvalue weighted by Gasteiger charge is 2.36. The highest BCUT2D eigenvalue weighted by molar-refractivity contribution is 7.90. The Bertz CT molecular complexity index is 610. The largest absolute Gasteiger partial charge is 0.493 e. The summed E-state index contributed by atoms with van der Waals surface area (Å²) in [6.07, 6.45) is 0. The van der Waals surface area contributed by atoms with Crippen LogP contribution >= 0.6 is 0 Å². The van der Waals surface area contributed by atoms with Crippen LogP contribution in [0.4, 0.5) is 8.78 Å². The van der Waals surface area contributed by atoms with E-state index in [9.17, 15) is 17.2 Å². The molecule has 5 nitrogen and oxygen atoms in total. The van der Waals surface area contributed by atoms with Gasteiger partial charge >= 0.3 is 0 Å². The first kappa shape index (κ1) is 10.8. The Morgan fingerprint density at radius 3 is 2.56 bits per heavy atom. The minimum atomic E-state index is -4.19.